The molecule has 2 aliphatic carbocycles. The quantitative estimate of drug-likeness (QED) is 0.206. The molecule has 0 N–H and O–H groups in total. The molecule has 0 atom stereocenters. The number of benzene rings is 6. The van der Waals surface area contributed by atoms with Crippen molar-refractivity contribution in [1.29, 1.82) is 0 Å². The Balaban J connectivity index is 1.30. The van der Waals surface area contributed by atoms with E-state index in [1.807, 2.05) is 11.3 Å². The van der Waals surface area contributed by atoms with Crippen molar-refractivity contribution in [2.24, 2.45) is 0 Å². The van der Waals surface area contributed by atoms with E-state index < -0.39 is 0 Å². The minimum Gasteiger partial charge on any atom is -0.311 e. The molecule has 1 nitrogen and oxygen atoms in total. The summed E-state index contributed by atoms with van der Waals surface area (Å²) < 4.78 is 0. The number of fused-ring (bicyclic) bond motifs is 3. The van der Waals surface area contributed by atoms with Crippen molar-refractivity contribution in [3.63, 3.8) is 0 Å². The van der Waals surface area contributed by atoms with Crippen LogP contribution in [0.2, 0.25) is 0 Å². The third-order valence-electron chi connectivity index (χ3n) is 8.64. The summed E-state index contributed by atoms with van der Waals surface area (Å²) in [6.07, 6.45) is 9.10. The van der Waals surface area contributed by atoms with Gasteiger partial charge in [0.05, 0.1) is 0 Å². The summed E-state index contributed by atoms with van der Waals surface area (Å²) in [5, 5.41) is 10.3. The third-order valence-corrected chi connectivity index (χ3v) is 9.54. The minimum atomic E-state index is 1.07. The molecule has 9 rings (SSSR count). The molecular weight excluding hydrogens is 502 g/mol. The summed E-state index contributed by atoms with van der Waals surface area (Å²) in [6, 6.07) is 38.5. The van der Waals surface area contributed by atoms with Crippen LogP contribution in [-0.4, -0.2) is 0 Å². The summed E-state index contributed by atoms with van der Waals surface area (Å²) in [4.78, 5) is 3.73. The lowest BCUT2D eigenvalue weighted by molar-refractivity contribution is 0.997. The highest BCUT2D eigenvalue weighted by Gasteiger charge is 2.26. The second-order valence-corrected chi connectivity index (χ2v) is 11.8. The number of rotatable bonds is 4. The number of para-hydroxylation sites is 1. The minimum absolute atomic E-state index is 1.07. The number of nitrogens with zero attached hydrogens (tertiary/aromatic N) is 1. The summed E-state index contributed by atoms with van der Waals surface area (Å²) in [7, 11) is 0. The van der Waals surface area contributed by atoms with Crippen molar-refractivity contribution in [3.05, 3.63) is 132 Å². The first-order chi connectivity index (χ1) is 19.8. The molecule has 0 radical (unpaired) electrons. The smallest absolute Gasteiger partial charge is 0.0468 e. The Kier molecular flexibility index (Phi) is 4.67. The van der Waals surface area contributed by atoms with Gasteiger partial charge in [0.1, 0.15) is 0 Å². The number of hydrogen-bond donors (Lipinski definition) is 0. The van der Waals surface area contributed by atoms with Crippen LogP contribution in [0.25, 0.3) is 65.0 Å². The zero-order valence-electron chi connectivity index (χ0n) is 21.9. The van der Waals surface area contributed by atoms with Crippen molar-refractivity contribution in [1.82, 2.24) is 0 Å². The maximum atomic E-state index is 2.44. The SMILES string of the molecule is C1=CC(N(c2ccccc2)c2ccc3c(c2)-c2cc4ccc(-c5cccs5)c5ccc6ccc-3c2c6c45)=CCC1. The van der Waals surface area contributed by atoms with E-state index in [2.05, 4.69) is 132 Å². The zero-order valence-corrected chi connectivity index (χ0v) is 22.7. The van der Waals surface area contributed by atoms with Gasteiger partial charge in [0.25, 0.3) is 0 Å². The third kappa shape index (κ3) is 3.08. The van der Waals surface area contributed by atoms with Gasteiger partial charge in [-0.2, -0.15) is 0 Å². The lowest BCUT2D eigenvalue weighted by Gasteiger charge is -2.28. The van der Waals surface area contributed by atoms with E-state index >= 15 is 0 Å². The maximum absolute atomic E-state index is 2.44. The highest BCUT2D eigenvalue weighted by Crippen LogP contribution is 2.53. The van der Waals surface area contributed by atoms with Crippen LogP contribution in [0.4, 0.5) is 11.4 Å². The Morgan fingerprint density at radius 1 is 0.550 bits per heavy atom. The lowest BCUT2D eigenvalue weighted by atomic mass is 9.89. The average molecular weight is 528 g/mol. The molecule has 0 aliphatic heterocycles. The molecule has 40 heavy (non-hydrogen) atoms. The molecule has 0 saturated carbocycles. The van der Waals surface area contributed by atoms with Gasteiger partial charge in [-0.1, -0.05) is 78.9 Å². The highest BCUT2D eigenvalue weighted by molar-refractivity contribution is 7.13. The van der Waals surface area contributed by atoms with Crippen molar-refractivity contribution in [3.8, 4) is 32.7 Å². The molecule has 0 saturated heterocycles. The van der Waals surface area contributed by atoms with Gasteiger partial charge in [0.2, 0.25) is 0 Å². The van der Waals surface area contributed by atoms with Gasteiger partial charge in [0, 0.05) is 21.9 Å². The van der Waals surface area contributed by atoms with Crippen LogP contribution >= 0.6 is 11.3 Å². The van der Waals surface area contributed by atoms with Gasteiger partial charge < -0.3 is 4.90 Å². The van der Waals surface area contributed by atoms with Gasteiger partial charge >= 0.3 is 0 Å². The molecule has 0 unspecified atom stereocenters. The Bertz CT molecular complexity index is 2150. The molecule has 188 valence electrons. The van der Waals surface area contributed by atoms with Gasteiger partial charge in [0.15, 0.2) is 0 Å². The normalized spacial score (nSPS) is 13.8. The Morgan fingerprint density at radius 3 is 2.25 bits per heavy atom. The van der Waals surface area contributed by atoms with E-state index in [0.29, 0.717) is 0 Å². The fourth-order valence-electron chi connectivity index (χ4n) is 6.92. The number of anilines is 2. The zero-order chi connectivity index (χ0) is 26.2. The Hall–Kier alpha value is -4.66. The lowest BCUT2D eigenvalue weighted by Crippen LogP contribution is -2.16. The second-order valence-electron chi connectivity index (χ2n) is 10.8. The fraction of sp³-hybridized carbons (Fsp3) is 0.0526. The number of allylic oxidation sites excluding steroid dienone is 3. The first-order valence-electron chi connectivity index (χ1n) is 14.0. The predicted octanol–water partition coefficient (Wildman–Crippen LogP) is 11.3. The molecule has 0 amide bonds. The van der Waals surface area contributed by atoms with E-state index in [9.17, 15) is 0 Å². The predicted molar refractivity (Wildman–Crippen MR) is 173 cm³/mol. The van der Waals surface area contributed by atoms with Crippen LogP contribution < -0.4 is 4.90 Å². The molecule has 1 aromatic heterocycles. The van der Waals surface area contributed by atoms with Crippen molar-refractivity contribution >= 4 is 55.0 Å². The molecular formula is C38H25NS. The number of thiophene rings is 1. The summed E-state index contributed by atoms with van der Waals surface area (Å²) in [6.45, 7) is 0. The standard InChI is InChI=1S/C38H25NS/c1-3-8-26(9-4-1)39(27-10-5-2-6-11-27)28-16-20-29-31-18-13-24-14-19-32-30(35-12-7-21-40-35)17-15-25-22-34(33(29)23-28)38(31)37(24)36(25)32/h1,3-5,7-23H,2,6H2. The Morgan fingerprint density at radius 2 is 1.40 bits per heavy atom. The molecule has 7 aromatic rings. The van der Waals surface area contributed by atoms with E-state index in [4.69, 9.17) is 0 Å². The van der Waals surface area contributed by atoms with Crippen LogP contribution in [0.1, 0.15) is 12.8 Å². The first-order valence-corrected chi connectivity index (χ1v) is 14.9. The molecule has 0 bridgehead atoms. The molecule has 1 heterocycles. The van der Waals surface area contributed by atoms with Crippen molar-refractivity contribution in [2.45, 2.75) is 12.8 Å². The van der Waals surface area contributed by atoms with Gasteiger partial charge in [-0.05, 0) is 121 Å². The van der Waals surface area contributed by atoms with Gasteiger partial charge in [-0.25, -0.2) is 0 Å². The van der Waals surface area contributed by atoms with Crippen LogP contribution in [0.3, 0.4) is 0 Å². The topological polar surface area (TPSA) is 3.24 Å². The van der Waals surface area contributed by atoms with Crippen molar-refractivity contribution in [2.75, 3.05) is 4.90 Å². The highest BCUT2D eigenvalue weighted by atomic mass is 32.1. The average Bonchev–Trinajstić information content (AvgIpc) is 3.66. The van der Waals surface area contributed by atoms with E-state index in [1.165, 1.54) is 82.1 Å². The molecule has 2 aliphatic rings. The summed E-state index contributed by atoms with van der Waals surface area (Å²) in [5.41, 5.74) is 10.3. The van der Waals surface area contributed by atoms with Crippen LogP contribution in [0, 0.1) is 0 Å². The molecule has 2 heteroatoms. The Labute approximate surface area is 237 Å². The molecule has 0 fully saturated rings. The van der Waals surface area contributed by atoms with Crippen molar-refractivity contribution < 1.29 is 0 Å². The first kappa shape index (κ1) is 22.2. The van der Waals surface area contributed by atoms with Gasteiger partial charge in [-0.15, -0.1) is 11.3 Å². The van der Waals surface area contributed by atoms with E-state index in [0.717, 1.165) is 12.8 Å². The fourth-order valence-corrected chi connectivity index (χ4v) is 7.68. The largest absolute Gasteiger partial charge is 0.311 e. The molecule has 0 spiro atoms. The van der Waals surface area contributed by atoms with Crippen LogP contribution in [-0.2, 0) is 0 Å². The monoisotopic (exact) mass is 527 g/mol. The van der Waals surface area contributed by atoms with E-state index in [-0.39, 0.29) is 0 Å². The van der Waals surface area contributed by atoms with E-state index in [1.54, 1.807) is 0 Å². The second kappa shape index (κ2) is 8.42. The molecule has 6 aromatic carbocycles. The summed E-state index contributed by atoms with van der Waals surface area (Å²) >= 11 is 1.81. The summed E-state index contributed by atoms with van der Waals surface area (Å²) in [5.74, 6) is 0. The maximum Gasteiger partial charge on any atom is 0.0468 e. The van der Waals surface area contributed by atoms with Crippen LogP contribution in [0.5, 0.6) is 0 Å². The number of hydrogen-bond acceptors (Lipinski definition) is 2. The van der Waals surface area contributed by atoms with Crippen LogP contribution in [0.15, 0.2) is 132 Å². The van der Waals surface area contributed by atoms with Gasteiger partial charge in [-0.3, -0.25) is 0 Å².